The molecule has 0 N–H and O–H groups in total. The fourth-order valence-corrected chi connectivity index (χ4v) is 1.31. The monoisotopic (exact) mass is 556 g/mol. The standard InChI is InChI=1S/2C7H14O2S.2C4H9.Sn/c2*1-2-3-5-9-7(8)4-6-10;2*1-3-4-2;/h2*10H,2-6H2,1H3;2*1,3-4H2,2H3;/q;;;;+2/p-2. The molecule has 4 nitrogen and oxygen atoms in total. The van der Waals surface area contributed by atoms with Crippen LogP contribution in [0.5, 0.6) is 0 Å². The molecule has 29 heavy (non-hydrogen) atoms. The molecule has 4 radical (unpaired) electrons. The van der Waals surface area contributed by atoms with E-state index in [-0.39, 0.29) is 35.8 Å². The molecule has 0 spiro atoms. The Balaban J connectivity index is -0.0000000950. The van der Waals surface area contributed by atoms with Crippen molar-refractivity contribution in [2.45, 2.75) is 91.9 Å². The first-order valence-electron chi connectivity index (χ1n) is 10.5. The van der Waals surface area contributed by atoms with Crippen LogP contribution in [0, 0.1) is 13.8 Å². The maximum Gasteiger partial charge on any atom is 2.00 e. The third-order valence-corrected chi connectivity index (χ3v) is 3.25. The summed E-state index contributed by atoms with van der Waals surface area (Å²) in [6.07, 6.45) is 9.31. The molecule has 0 unspecified atom stereocenters. The third-order valence-electron chi connectivity index (χ3n) is 2.84. The average molecular weight is 555 g/mol. The Morgan fingerprint density at radius 1 is 0.690 bits per heavy atom. The molecule has 0 atom stereocenters. The van der Waals surface area contributed by atoms with Crippen LogP contribution in [0.2, 0.25) is 0 Å². The summed E-state index contributed by atoms with van der Waals surface area (Å²) in [6, 6.07) is 0. The summed E-state index contributed by atoms with van der Waals surface area (Å²) in [5.74, 6) is 0.600. The quantitative estimate of drug-likeness (QED) is 0.139. The predicted molar refractivity (Wildman–Crippen MR) is 132 cm³/mol. The summed E-state index contributed by atoms with van der Waals surface area (Å²) in [5, 5.41) is 0. The summed E-state index contributed by atoms with van der Waals surface area (Å²) in [7, 11) is 0. The number of ether oxygens (including phenoxy) is 2. The van der Waals surface area contributed by atoms with Gasteiger partial charge in [-0.2, -0.15) is 11.5 Å². The third kappa shape index (κ3) is 58.5. The minimum Gasteiger partial charge on any atom is -0.792 e. The molecule has 0 aliphatic rings. The van der Waals surface area contributed by atoms with E-state index in [0.717, 1.165) is 38.5 Å². The molecule has 0 saturated heterocycles. The van der Waals surface area contributed by atoms with Crippen LogP contribution >= 0.6 is 0 Å². The van der Waals surface area contributed by atoms with Gasteiger partial charge in [0.25, 0.3) is 0 Å². The van der Waals surface area contributed by atoms with Crippen LogP contribution in [-0.2, 0) is 44.3 Å². The van der Waals surface area contributed by atoms with Gasteiger partial charge >= 0.3 is 35.8 Å². The van der Waals surface area contributed by atoms with Crippen LogP contribution in [0.4, 0.5) is 0 Å². The second-order valence-electron chi connectivity index (χ2n) is 5.76. The summed E-state index contributed by atoms with van der Waals surface area (Å²) in [5.41, 5.74) is 0. The van der Waals surface area contributed by atoms with Crippen LogP contribution in [0.25, 0.3) is 0 Å². The van der Waals surface area contributed by atoms with Crippen LogP contribution < -0.4 is 0 Å². The smallest absolute Gasteiger partial charge is 0.792 e. The van der Waals surface area contributed by atoms with Gasteiger partial charge in [-0.05, 0) is 12.8 Å². The Kier molecular flexibility index (Phi) is 58.5. The zero-order valence-corrected chi connectivity index (χ0v) is 23.8. The zero-order valence-electron chi connectivity index (χ0n) is 19.3. The Morgan fingerprint density at radius 2 is 0.966 bits per heavy atom. The number of hydrogen-bond donors (Lipinski definition) is 0. The van der Waals surface area contributed by atoms with Crippen LogP contribution in [0.15, 0.2) is 0 Å². The van der Waals surface area contributed by atoms with E-state index >= 15 is 0 Å². The summed E-state index contributed by atoms with van der Waals surface area (Å²) < 4.78 is 9.63. The van der Waals surface area contributed by atoms with E-state index in [9.17, 15) is 9.59 Å². The second-order valence-corrected chi connectivity index (χ2v) is 6.58. The van der Waals surface area contributed by atoms with Gasteiger partial charge in [0.15, 0.2) is 0 Å². The number of esters is 2. The SMILES string of the molecule is CCCCOC(=O)CC[S-].CCCCOC(=O)CC[S-].[CH2]CCC.[CH2]CCC.[Sn+2]. The van der Waals surface area contributed by atoms with E-state index in [4.69, 9.17) is 9.47 Å². The topological polar surface area (TPSA) is 52.6 Å². The van der Waals surface area contributed by atoms with Gasteiger partial charge in [-0.25, -0.2) is 0 Å². The van der Waals surface area contributed by atoms with E-state index in [1.165, 1.54) is 12.8 Å². The number of carbonyl (C=O) groups is 2. The fourth-order valence-electron chi connectivity index (χ4n) is 0.972. The van der Waals surface area contributed by atoms with Crippen molar-refractivity contribution in [3.63, 3.8) is 0 Å². The van der Waals surface area contributed by atoms with Gasteiger partial charge < -0.3 is 34.7 Å². The molecule has 0 aliphatic heterocycles. The van der Waals surface area contributed by atoms with Gasteiger partial charge in [0.05, 0.1) is 13.2 Å². The summed E-state index contributed by atoms with van der Waals surface area (Å²) in [4.78, 5) is 21.3. The first-order valence-corrected chi connectivity index (χ1v) is 11.7. The van der Waals surface area contributed by atoms with Gasteiger partial charge in [-0.1, -0.05) is 80.1 Å². The molecule has 0 bridgehead atoms. The minimum atomic E-state index is -0.163. The Bertz CT molecular complexity index is 262. The maximum atomic E-state index is 10.6. The van der Waals surface area contributed by atoms with Crippen molar-refractivity contribution in [1.82, 2.24) is 0 Å². The first-order chi connectivity index (χ1) is 13.4. The average Bonchev–Trinajstić information content (AvgIpc) is 2.70. The number of carbonyl (C=O) groups excluding carboxylic acids is 2. The van der Waals surface area contributed by atoms with E-state index in [1.54, 1.807) is 0 Å². The second kappa shape index (κ2) is 42.5. The molecule has 172 valence electrons. The van der Waals surface area contributed by atoms with E-state index < -0.39 is 0 Å². The molecule has 0 aliphatic carbocycles. The van der Waals surface area contributed by atoms with E-state index in [0.29, 0.717) is 37.6 Å². The molecular formula is C22H44O4S2Sn. The summed E-state index contributed by atoms with van der Waals surface area (Å²) in [6.45, 7) is 16.6. The van der Waals surface area contributed by atoms with Crippen molar-refractivity contribution in [2.24, 2.45) is 0 Å². The zero-order chi connectivity index (χ0) is 22.5. The molecule has 0 rings (SSSR count). The van der Waals surface area contributed by atoms with Crippen molar-refractivity contribution in [1.29, 1.82) is 0 Å². The molecule has 0 aromatic heterocycles. The van der Waals surface area contributed by atoms with Gasteiger partial charge in [0, 0.05) is 12.8 Å². The fraction of sp³-hybridized carbons (Fsp3) is 0.818. The Hall–Kier alpha value is 0.439. The number of hydrogen-bond acceptors (Lipinski definition) is 6. The minimum absolute atomic E-state index is 0. The van der Waals surface area contributed by atoms with Gasteiger partial charge in [0.2, 0.25) is 0 Å². The molecule has 0 aromatic rings. The van der Waals surface area contributed by atoms with Crippen LogP contribution in [0.3, 0.4) is 0 Å². The molecule has 0 fully saturated rings. The van der Waals surface area contributed by atoms with Crippen molar-refractivity contribution in [2.75, 3.05) is 24.7 Å². The number of rotatable bonds is 12. The van der Waals surface area contributed by atoms with Gasteiger partial charge in [0.1, 0.15) is 0 Å². The summed E-state index contributed by atoms with van der Waals surface area (Å²) >= 11 is 9.21. The van der Waals surface area contributed by atoms with E-state index in [2.05, 4.69) is 66.8 Å². The molecule has 0 aromatic carbocycles. The van der Waals surface area contributed by atoms with Crippen molar-refractivity contribution < 1.29 is 19.1 Å². The van der Waals surface area contributed by atoms with Crippen LogP contribution in [0.1, 0.15) is 91.9 Å². The molecule has 0 amide bonds. The molecule has 0 heterocycles. The normalized spacial score (nSPS) is 8.55. The van der Waals surface area contributed by atoms with E-state index in [1.807, 2.05) is 0 Å². The Labute approximate surface area is 209 Å². The van der Waals surface area contributed by atoms with Crippen molar-refractivity contribution >= 4 is 61.1 Å². The molecule has 7 heteroatoms. The van der Waals surface area contributed by atoms with Crippen molar-refractivity contribution in [3.8, 4) is 0 Å². The number of unbranched alkanes of at least 4 members (excludes halogenated alkanes) is 4. The van der Waals surface area contributed by atoms with Gasteiger partial charge in [-0.3, -0.25) is 9.59 Å². The first kappa shape index (κ1) is 39.9. The predicted octanol–water partition coefficient (Wildman–Crippen LogP) is 5.39. The molecule has 0 saturated carbocycles. The largest absolute Gasteiger partial charge is 2.00 e. The van der Waals surface area contributed by atoms with Crippen LogP contribution in [-0.4, -0.2) is 60.6 Å². The molecular weight excluding hydrogens is 511 g/mol. The maximum absolute atomic E-state index is 10.6. The van der Waals surface area contributed by atoms with Gasteiger partial charge in [-0.15, -0.1) is 0 Å². The Morgan fingerprint density at radius 3 is 1.14 bits per heavy atom. The van der Waals surface area contributed by atoms with Crippen molar-refractivity contribution in [3.05, 3.63) is 13.8 Å².